The number of hydrogen-bond acceptors (Lipinski definition) is 4. The summed E-state index contributed by atoms with van der Waals surface area (Å²) in [5.74, 6) is -0.108. The first-order valence-electron chi connectivity index (χ1n) is 5.94. The van der Waals surface area contributed by atoms with E-state index in [0.29, 0.717) is 13.1 Å². The van der Waals surface area contributed by atoms with Gasteiger partial charge in [0.05, 0.1) is 0 Å². The number of likely N-dealkylation sites (tertiary alicyclic amines) is 1. The van der Waals surface area contributed by atoms with E-state index in [1.54, 1.807) is 4.90 Å². The van der Waals surface area contributed by atoms with E-state index in [2.05, 4.69) is 0 Å². The minimum absolute atomic E-state index is 0.0294. The Balaban J connectivity index is 2.29. The highest BCUT2D eigenvalue weighted by molar-refractivity contribution is 7.89. The van der Waals surface area contributed by atoms with Gasteiger partial charge in [-0.05, 0) is 19.4 Å². The van der Waals surface area contributed by atoms with Crippen LogP contribution in [0.1, 0.15) is 32.1 Å². The van der Waals surface area contributed by atoms with Crippen LogP contribution in [0.15, 0.2) is 0 Å². The predicted molar refractivity (Wildman–Crippen MR) is 65.6 cm³/mol. The Bertz CT molecular complexity index is 356. The lowest BCUT2D eigenvalue weighted by Crippen LogP contribution is -2.32. The maximum Gasteiger partial charge on any atom is 0.224 e. The molecule has 1 unspecified atom stereocenters. The van der Waals surface area contributed by atoms with E-state index in [-0.39, 0.29) is 18.9 Å². The third-order valence-corrected chi connectivity index (χ3v) is 4.27. The second kappa shape index (κ2) is 6.32. The highest BCUT2D eigenvalue weighted by Gasteiger charge is 2.35. The zero-order valence-corrected chi connectivity index (χ0v) is 10.8. The van der Waals surface area contributed by atoms with Gasteiger partial charge in [0.25, 0.3) is 0 Å². The van der Waals surface area contributed by atoms with E-state index in [4.69, 9.17) is 10.9 Å². The van der Waals surface area contributed by atoms with Gasteiger partial charge in [0.15, 0.2) is 0 Å². The minimum Gasteiger partial charge on any atom is -0.341 e. The minimum atomic E-state index is -3.59. The van der Waals surface area contributed by atoms with Crippen LogP contribution in [0, 0.1) is 0 Å². The zero-order chi connectivity index (χ0) is 12.9. The molecule has 1 amide bonds. The van der Waals surface area contributed by atoms with Crippen molar-refractivity contribution >= 4 is 15.9 Å². The molecule has 17 heavy (non-hydrogen) atoms. The predicted octanol–water partition coefficient (Wildman–Crippen LogP) is -0.605. The van der Waals surface area contributed by atoms with Gasteiger partial charge in [-0.2, -0.15) is 0 Å². The van der Waals surface area contributed by atoms with Crippen molar-refractivity contribution in [3.63, 3.8) is 0 Å². The second-order valence-corrected chi connectivity index (χ2v) is 6.30. The number of sulfonamides is 1. The molecule has 100 valence electrons. The molecule has 0 spiro atoms. The third kappa shape index (κ3) is 4.61. The van der Waals surface area contributed by atoms with E-state index in [1.165, 1.54) is 0 Å². The Morgan fingerprint density at radius 1 is 1.24 bits per heavy atom. The Kier molecular flexibility index (Phi) is 5.35. The second-order valence-electron chi connectivity index (χ2n) is 4.46. The SMILES string of the molecule is NCCCCCCN1CC(S(N)(=O)=O)CC1=O. The Morgan fingerprint density at radius 2 is 1.88 bits per heavy atom. The van der Waals surface area contributed by atoms with Crippen LogP contribution in [0.3, 0.4) is 0 Å². The first-order valence-corrected chi connectivity index (χ1v) is 7.55. The molecule has 1 heterocycles. The lowest BCUT2D eigenvalue weighted by atomic mass is 10.2. The van der Waals surface area contributed by atoms with Crippen LogP contribution in [-0.2, 0) is 14.8 Å². The van der Waals surface area contributed by atoms with Gasteiger partial charge in [-0.1, -0.05) is 12.8 Å². The molecule has 1 aliphatic heterocycles. The number of carbonyl (C=O) groups excluding carboxylic acids is 1. The van der Waals surface area contributed by atoms with Crippen molar-refractivity contribution in [1.82, 2.24) is 4.90 Å². The molecule has 0 bridgehead atoms. The number of rotatable bonds is 7. The fraction of sp³-hybridized carbons (Fsp3) is 0.900. The van der Waals surface area contributed by atoms with Gasteiger partial charge >= 0.3 is 0 Å². The van der Waals surface area contributed by atoms with Gasteiger partial charge in [-0.15, -0.1) is 0 Å². The number of nitrogens with two attached hydrogens (primary N) is 2. The fourth-order valence-corrected chi connectivity index (χ4v) is 2.74. The molecule has 6 nitrogen and oxygen atoms in total. The summed E-state index contributed by atoms with van der Waals surface area (Å²) in [5, 5.41) is 4.32. The zero-order valence-electron chi connectivity index (χ0n) is 9.97. The summed E-state index contributed by atoms with van der Waals surface area (Å²) in [5.41, 5.74) is 5.38. The summed E-state index contributed by atoms with van der Waals surface area (Å²) in [6, 6.07) is 0. The van der Waals surface area contributed by atoms with Crippen molar-refractivity contribution in [3.8, 4) is 0 Å². The molecular weight excluding hydrogens is 242 g/mol. The summed E-state index contributed by atoms with van der Waals surface area (Å²) >= 11 is 0. The van der Waals surface area contributed by atoms with Gasteiger partial charge in [0.2, 0.25) is 15.9 Å². The summed E-state index contributed by atoms with van der Waals surface area (Å²) in [6.07, 6.45) is 3.98. The van der Waals surface area contributed by atoms with E-state index >= 15 is 0 Å². The highest BCUT2D eigenvalue weighted by atomic mass is 32.2. The first-order chi connectivity index (χ1) is 7.95. The van der Waals surface area contributed by atoms with Gasteiger partial charge in [-0.3, -0.25) is 4.79 Å². The number of hydrogen-bond donors (Lipinski definition) is 2. The maximum absolute atomic E-state index is 11.5. The van der Waals surface area contributed by atoms with Crippen LogP contribution in [-0.4, -0.2) is 44.1 Å². The highest BCUT2D eigenvalue weighted by Crippen LogP contribution is 2.17. The molecule has 0 radical (unpaired) electrons. The molecule has 0 aliphatic carbocycles. The molecule has 0 aromatic heterocycles. The van der Waals surface area contributed by atoms with E-state index in [1.807, 2.05) is 0 Å². The molecule has 1 atom stereocenters. The number of nitrogens with zero attached hydrogens (tertiary/aromatic N) is 1. The van der Waals surface area contributed by atoms with E-state index in [9.17, 15) is 13.2 Å². The lowest BCUT2D eigenvalue weighted by Gasteiger charge is -2.15. The van der Waals surface area contributed by atoms with E-state index < -0.39 is 15.3 Å². The van der Waals surface area contributed by atoms with Gasteiger partial charge in [-0.25, -0.2) is 13.6 Å². The van der Waals surface area contributed by atoms with Crippen molar-refractivity contribution < 1.29 is 13.2 Å². The molecule has 0 aromatic rings. The van der Waals surface area contributed by atoms with Crippen molar-refractivity contribution in [2.75, 3.05) is 19.6 Å². The summed E-state index contributed by atoms with van der Waals surface area (Å²) in [4.78, 5) is 13.1. The van der Waals surface area contributed by atoms with Crippen LogP contribution in [0.5, 0.6) is 0 Å². The lowest BCUT2D eigenvalue weighted by molar-refractivity contribution is -0.127. The molecule has 0 saturated carbocycles. The third-order valence-electron chi connectivity index (χ3n) is 3.03. The van der Waals surface area contributed by atoms with Crippen LogP contribution in [0.2, 0.25) is 0 Å². The number of primary sulfonamides is 1. The Labute approximate surface area is 102 Å². The number of amides is 1. The number of carbonyl (C=O) groups is 1. The smallest absolute Gasteiger partial charge is 0.224 e. The molecule has 0 aromatic carbocycles. The molecular formula is C10H21N3O3S. The monoisotopic (exact) mass is 263 g/mol. The van der Waals surface area contributed by atoms with Crippen molar-refractivity contribution in [1.29, 1.82) is 0 Å². The Morgan fingerprint density at radius 3 is 2.41 bits per heavy atom. The summed E-state index contributed by atoms with van der Waals surface area (Å²) in [7, 11) is -3.59. The average Bonchev–Trinajstić information content (AvgIpc) is 2.60. The topological polar surface area (TPSA) is 106 Å². The van der Waals surface area contributed by atoms with Gasteiger partial charge in [0.1, 0.15) is 5.25 Å². The Hall–Kier alpha value is -0.660. The largest absolute Gasteiger partial charge is 0.341 e. The molecule has 4 N–H and O–H groups in total. The molecule has 1 fully saturated rings. The van der Waals surface area contributed by atoms with Crippen LogP contribution in [0.4, 0.5) is 0 Å². The van der Waals surface area contributed by atoms with Gasteiger partial charge < -0.3 is 10.6 Å². The molecule has 1 aliphatic rings. The van der Waals surface area contributed by atoms with Gasteiger partial charge in [0, 0.05) is 19.5 Å². The van der Waals surface area contributed by atoms with Crippen LogP contribution >= 0.6 is 0 Å². The molecule has 7 heteroatoms. The van der Waals surface area contributed by atoms with E-state index in [0.717, 1.165) is 25.7 Å². The standard InChI is InChI=1S/C10H21N3O3S/c11-5-3-1-2-4-6-13-8-9(7-10(13)14)17(12,15)16/h9H,1-8,11H2,(H2,12,15,16). The van der Waals surface area contributed by atoms with Crippen LogP contribution in [0.25, 0.3) is 0 Å². The van der Waals surface area contributed by atoms with Crippen LogP contribution < -0.4 is 10.9 Å². The average molecular weight is 263 g/mol. The quantitative estimate of drug-likeness (QED) is 0.598. The normalized spacial score (nSPS) is 21.2. The maximum atomic E-state index is 11.5. The van der Waals surface area contributed by atoms with Crippen molar-refractivity contribution in [2.45, 2.75) is 37.4 Å². The van der Waals surface area contributed by atoms with Crippen molar-refractivity contribution in [2.24, 2.45) is 10.9 Å². The number of unbranched alkanes of at least 4 members (excludes halogenated alkanes) is 3. The molecule has 1 saturated heterocycles. The van der Waals surface area contributed by atoms with Crippen molar-refractivity contribution in [3.05, 3.63) is 0 Å². The summed E-state index contributed by atoms with van der Waals surface area (Å²) in [6.45, 7) is 1.56. The fourth-order valence-electron chi connectivity index (χ4n) is 1.97. The molecule has 1 rings (SSSR count). The summed E-state index contributed by atoms with van der Waals surface area (Å²) < 4.78 is 22.2. The first kappa shape index (κ1) is 14.4.